The highest BCUT2D eigenvalue weighted by Crippen LogP contribution is 2.30. The maximum absolute atomic E-state index is 9.72. The number of halogens is 1. The van der Waals surface area contributed by atoms with Gasteiger partial charge in [-0.15, -0.1) is 0 Å². The molecule has 0 aliphatic rings. The van der Waals surface area contributed by atoms with E-state index in [2.05, 4.69) is 4.98 Å². The number of aryl methyl sites for hydroxylation is 1. The van der Waals surface area contributed by atoms with E-state index in [9.17, 15) is 5.11 Å². The molecule has 0 aliphatic heterocycles. The number of hydrogen-bond acceptors (Lipinski definition) is 3. The van der Waals surface area contributed by atoms with Crippen molar-refractivity contribution < 1.29 is 9.84 Å². The smallest absolute Gasteiger partial charge is 0.128 e. The third kappa shape index (κ3) is 3.36. The van der Waals surface area contributed by atoms with Gasteiger partial charge in [0, 0.05) is 34.0 Å². The number of nitrogens with zero attached hydrogens (tertiary/aromatic N) is 1. The zero-order valence-corrected chi connectivity index (χ0v) is 13.3. The average molecular weight is 306 g/mol. The summed E-state index contributed by atoms with van der Waals surface area (Å²) < 4.78 is 5.43. The summed E-state index contributed by atoms with van der Waals surface area (Å²) in [6.07, 6.45) is 2.44. The Balaban J connectivity index is 2.34. The van der Waals surface area contributed by atoms with Gasteiger partial charge in [0.25, 0.3) is 0 Å². The fourth-order valence-electron chi connectivity index (χ4n) is 2.59. The summed E-state index contributed by atoms with van der Waals surface area (Å²) in [7, 11) is 1.66. The Hall–Kier alpha value is -1.58. The third-order valence-corrected chi connectivity index (χ3v) is 4.10. The normalized spacial score (nSPS) is 12.2. The maximum Gasteiger partial charge on any atom is 0.128 e. The second kappa shape index (κ2) is 6.92. The lowest BCUT2D eigenvalue weighted by Gasteiger charge is -2.18. The Morgan fingerprint density at radius 1 is 1.29 bits per heavy atom. The average Bonchev–Trinajstić information content (AvgIpc) is 2.48. The van der Waals surface area contributed by atoms with Crippen LogP contribution in [0.3, 0.4) is 0 Å². The van der Waals surface area contributed by atoms with Crippen LogP contribution in [0.2, 0.25) is 5.02 Å². The fourth-order valence-corrected chi connectivity index (χ4v) is 2.88. The molecule has 1 aromatic carbocycles. The van der Waals surface area contributed by atoms with Crippen molar-refractivity contribution in [2.24, 2.45) is 0 Å². The lowest BCUT2D eigenvalue weighted by atomic mass is 9.93. The van der Waals surface area contributed by atoms with Gasteiger partial charge in [0.1, 0.15) is 5.75 Å². The van der Waals surface area contributed by atoms with Crippen LogP contribution in [0.25, 0.3) is 0 Å². The van der Waals surface area contributed by atoms with E-state index in [-0.39, 0.29) is 12.5 Å². The van der Waals surface area contributed by atoms with Crippen LogP contribution in [0.1, 0.15) is 28.3 Å². The van der Waals surface area contributed by atoms with Gasteiger partial charge in [0.2, 0.25) is 0 Å². The van der Waals surface area contributed by atoms with Gasteiger partial charge >= 0.3 is 0 Å². The van der Waals surface area contributed by atoms with E-state index in [1.54, 1.807) is 7.11 Å². The van der Waals surface area contributed by atoms with E-state index in [0.29, 0.717) is 11.4 Å². The molecule has 0 fully saturated rings. The second-order valence-corrected chi connectivity index (χ2v) is 5.56. The first kappa shape index (κ1) is 15.8. The molecule has 1 N–H and O–H groups in total. The predicted octanol–water partition coefficient (Wildman–Crippen LogP) is 3.68. The van der Waals surface area contributed by atoms with Gasteiger partial charge < -0.3 is 9.84 Å². The van der Waals surface area contributed by atoms with Crippen molar-refractivity contribution in [1.82, 2.24) is 4.98 Å². The van der Waals surface area contributed by atoms with Gasteiger partial charge in [-0.05, 0) is 31.9 Å². The van der Waals surface area contributed by atoms with Crippen molar-refractivity contribution in [3.63, 3.8) is 0 Å². The van der Waals surface area contributed by atoms with Gasteiger partial charge in [-0.3, -0.25) is 4.98 Å². The number of benzene rings is 1. The van der Waals surface area contributed by atoms with E-state index >= 15 is 0 Å². The summed E-state index contributed by atoms with van der Waals surface area (Å²) in [4.78, 5) is 4.50. The first-order valence-electron chi connectivity index (χ1n) is 6.92. The highest BCUT2D eigenvalue weighted by atomic mass is 35.5. The molecular formula is C17H20ClNO2. The molecule has 3 nitrogen and oxygen atoms in total. The summed E-state index contributed by atoms with van der Waals surface area (Å²) in [5.74, 6) is 0.785. The monoisotopic (exact) mass is 305 g/mol. The Labute approximate surface area is 130 Å². The van der Waals surface area contributed by atoms with Crippen LogP contribution in [-0.2, 0) is 6.42 Å². The number of ether oxygens (including phenoxy) is 1. The highest BCUT2D eigenvalue weighted by Gasteiger charge is 2.18. The van der Waals surface area contributed by atoms with Gasteiger partial charge in [0.05, 0.1) is 13.7 Å². The lowest BCUT2D eigenvalue weighted by molar-refractivity contribution is 0.263. The number of aliphatic hydroxyl groups is 1. The summed E-state index contributed by atoms with van der Waals surface area (Å²) in [6, 6.07) is 7.61. The van der Waals surface area contributed by atoms with E-state index in [0.717, 1.165) is 28.1 Å². The molecule has 21 heavy (non-hydrogen) atoms. The van der Waals surface area contributed by atoms with Gasteiger partial charge in [-0.2, -0.15) is 0 Å². The summed E-state index contributed by atoms with van der Waals surface area (Å²) in [5, 5.41) is 10.4. The number of rotatable bonds is 5. The molecule has 0 saturated carbocycles. The quantitative estimate of drug-likeness (QED) is 0.916. The molecule has 1 unspecified atom stereocenters. The number of aromatic nitrogens is 1. The largest absolute Gasteiger partial charge is 0.496 e. The van der Waals surface area contributed by atoms with Gasteiger partial charge in [-0.1, -0.05) is 29.8 Å². The Bertz CT molecular complexity index is 628. The van der Waals surface area contributed by atoms with E-state index < -0.39 is 0 Å². The topological polar surface area (TPSA) is 42.4 Å². The first-order chi connectivity index (χ1) is 10.1. The van der Waals surface area contributed by atoms with Gasteiger partial charge in [-0.25, -0.2) is 0 Å². The molecule has 0 bridgehead atoms. The SMILES string of the molecule is COc1c(C)cnc(CC(CO)c2ccccc2Cl)c1C. The molecule has 1 aromatic heterocycles. The minimum atomic E-state index is -0.0719. The molecular weight excluding hydrogens is 286 g/mol. The Morgan fingerprint density at radius 3 is 2.62 bits per heavy atom. The zero-order valence-electron chi connectivity index (χ0n) is 12.6. The highest BCUT2D eigenvalue weighted by molar-refractivity contribution is 6.31. The fraction of sp³-hybridized carbons (Fsp3) is 0.353. The van der Waals surface area contributed by atoms with Crippen molar-refractivity contribution in [1.29, 1.82) is 0 Å². The van der Waals surface area contributed by atoms with Crippen LogP contribution in [0.5, 0.6) is 5.75 Å². The molecule has 2 rings (SSSR count). The van der Waals surface area contributed by atoms with Crippen LogP contribution in [0.4, 0.5) is 0 Å². The van der Waals surface area contributed by atoms with Gasteiger partial charge in [0.15, 0.2) is 0 Å². The number of hydrogen-bond donors (Lipinski definition) is 1. The maximum atomic E-state index is 9.72. The standard InChI is InChI=1S/C17H20ClNO2/c1-11-9-19-16(12(2)17(11)21-3)8-13(10-20)14-6-4-5-7-15(14)18/h4-7,9,13,20H,8,10H2,1-3H3. The number of aliphatic hydroxyl groups excluding tert-OH is 1. The number of pyridine rings is 1. The summed E-state index contributed by atoms with van der Waals surface area (Å²) in [5.41, 5.74) is 3.90. The van der Waals surface area contributed by atoms with Crippen molar-refractivity contribution >= 4 is 11.6 Å². The van der Waals surface area contributed by atoms with E-state index in [1.807, 2.05) is 44.3 Å². The van der Waals surface area contributed by atoms with Crippen molar-refractivity contribution in [3.8, 4) is 5.75 Å². The molecule has 0 aliphatic carbocycles. The van der Waals surface area contributed by atoms with Crippen molar-refractivity contribution in [2.45, 2.75) is 26.2 Å². The van der Waals surface area contributed by atoms with E-state index in [1.165, 1.54) is 0 Å². The molecule has 2 aromatic rings. The first-order valence-corrected chi connectivity index (χ1v) is 7.30. The third-order valence-electron chi connectivity index (χ3n) is 3.75. The second-order valence-electron chi connectivity index (χ2n) is 5.15. The minimum Gasteiger partial charge on any atom is -0.496 e. The van der Waals surface area contributed by atoms with Crippen LogP contribution in [0, 0.1) is 13.8 Å². The van der Waals surface area contributed by atoms with Crippen LogP contribution < -0.4 is 4.74 Å². The predicted molar refractivity (Wildman–Crippen MR) is 85.2 cm³/mol. The van der Waals surface area contributed by atoms with Crippen molar-refractivity contribution in [3.05, 3.63) is 57.9 Å². The molecule has 0 spiro atoms. The number of methoxy groups -OCH3 is 1. The molecule has 0 saturated heterocycles. The van der Waals surface area contributed by atoms with E-state index in [4.69, 9.17) is 16.3 Å². The molecule has 4 heteroatoms. The van der Waals surface area contributed by atoms with Crippen LogP contribution >= 0.6 is 11.6 Å². The molecule has 0 radical (unpaired) electrons. The summed E-state index contributed by atoms with van der Waals surface area (Å²) in [6.45, 7) is 4.00. The molecule has 1 atom stereocenters. The van der Waals surface area contributed by atoms with Crippen molar-refractivity contribution in [2.75, 3.05) is 13.7 Å². The lowest BCUT2D eigenvalue weighted by Crippen LogP contribution is -2.11. The summed E-state index contributed by atoms with van der Waals surface area (Å²) >= 11 is 6.23. The Kier molecular flexibility index (Phi) is 5.21. The Morgan fingerprint density at radius 2 is 2.00 bits per heavy atom. The minimum absolute atomic E-state index is 0.0288. The van der Waals surface area contributed by atoms with Crippen LogP contribution in [-0.4, -0.2) is 23.8 Å². The molecule has 1 heterocycles. The zero-order chi connectivity index (χ0) is 15.4. The van der Waals surface area contributed by atoms with Crippen LogP contribution in [0.15, 0.2) is 30.5 Å². The molecule has 0 amide bonds. The molecule has 112 valence electrons.